The topological polar surface area (TPSA) is 85.2 Å². The van der Waals surface area contributed by atoms with Gasteiger partial charge in [0.05, 0.1) is 18.8 Å². The lowest BCUT2D eigenvalue weighted by Crippen LogP contribution is -2.54. The Labute approximate surface area is 166 Å². The molecule has 6 atom stereocenters. The van der Waals surface area contributed by atoms with E-state index in [4.69, 9.17) is 14.2 Å². The van der Waals surface area contributed by atoms with Crippen molar-refractivity contribution in [1.82, 2.24) is 0 Å². The zero-order chi connectivity index (χ0) is 20.9. The van der Waals surface area contributed by atoms with Crippen LogP contribution >= 0.6 is 0 Å². The number of ketones is 1. The Morgan fingerprint density at radius 3 is 2.61 bits per heavy atom. The minimum absolute atomic E-state index is 0.0897. The number of ether oxygens (including phenoxy) is 3. The van der Waals surface area contributed by atoms with Crippen LogP contribution in [0.25, 0.3) is 0 Å². The van der Waals surface area contributed by atoms with E-state index in [1.807, 2.05) is 32.9 Å². The minimum atomic E-state index is -1.78. The number of fused-ring (bicyclic) bond motifs is 1. The van der Waals surface area contributed by atoms with Crippen molar-refractivity contribution < 1.29 is 29.2 Å². The maximum absolute atomic E-state index is 12.1. The SMILES string of the molecule is CC[C@H](C)[C@@H]1OC(C)(C)O[C@]1(C)C=CC1=CC2=CC(=O)[C@](C)(O)[C@H](O)[C@H]2CO1. The van der Waals surface area contributed by atoms with Crippen molar-refractivity contribution in [3.8, 4) is 0 Å². The average Bonchev–Trinajstić information content (AvgIpc) is 2.87. The molecule has 28 heavy (non-hydrogen) atoms. The Kier molecular flexibility index (Phi) is 5.38. The quantitative estimate of drug-likeness (QED) is 0.765. The van der Waals surface area contributed by atoms with E-state index in [0.717, 1.165) is 6.42 Å². The van der Waals surface area contributed by atoms with Gasteiger partial charge in [-0.1, -0.05) is 20.3 Å². The molecule has 1 fully saturated rings. The number of allylic oxidation sites excluding steroid dienone is 2. The standard InChI is InChI=1S/C22H32O6/c1-7-13(2)19-21(5,28-20(3,4)27-19)9-8-15-10-14-11-17(23)22(6,25)18(24)16(14)12-26-15/h8-11,13,16,18-19,24-25H,7,12H2,1-6H3/t13-,16-,18+,19-,21+,22-/m0/s1. The number of carbonyl (C=O) groups is 1. The van der Waals surface area contributed by atoms with Gasteiger partial charge in [0, 0.05) is 5.92 Å². The molecule has 3 aliphatic rings. The monoisotopic (exact) mass is 392 g/mol. The van der Waals surface area contributed by atoms with Gasteiger partial charge in [-0.2, -0.15) is 0 Å². The highest BCUT2D eigenvalue weighted by Crippen LogP contribution is 2.42. The molecule has 6 heteroatoms. The maximum Gasteiger partial charge on any atom is 0.189 e. The number of aliphatic hydroxyl groups excluding tert-OH is 1. The van der Waals surface area contributed by atoms with E-state index >= 15 is 0 Å². The Morgan fingerprint density at radius 1 is 1.29 bits per heavy atom. The predicted molar refractivity (Wildman–Crippen MR) is 104 cm³/mol. The van der Waals surface area contributed by atoms with Gasteiger partial charge in [0.2, 0.25) is 0 Å². The lowest BCUT2D eigenvalue weighted by Gasteiger charge is -2.39. The smallest absolute Gasteiger partial charge is 0.189 e. The number of hydrogen-bond acceptors (Lipinski definition) is 6. The van der Waals surface area contributed by atoms with Gasteiger partial charge in [-0.15, -0.1) is 0 Å². The van der Waals surface area contributed by atoms with Gasteiger partial charge in [-0.25, -0.2) is 0 Å². The summed E-state index contributed by atoms with van der Waals surface area (Å²) in [5.74, 6) is -0.697. The molecule has 1 saturated heterocycles. The van der Waals surface area contributed by atoms with Crippen LogP contribution in [0.2, 0.25) is 0 Å². The normalized spacial score (nSPS) is 41.3. The van der Waals surface area contributed by atoms with Crippen LogP contribution in [-0.2, 0) is 19.0 Å². The Hall–Kier alpha value is -1.47. The molecular weight excluding hydrogens is 360 g/mol. The summed E-state index contributed by atoms with van der Waals surface area (Å²) in [6.45, 7) is 11.6. The van der Waals surface area contributed by atoms with E-state index in [9.17, 15) is 15.0 Å². The van der Waals surface area contributed by atoms with Crippen LogP contribution in [-0.4, -0.2) is 51.8 Å². The van der Waals surface area contributed by atoms with Gasteiger partial charge >= 0.3 is 0 Å². The van der Waals surface area contributed by atoms with Gasteiger partial charge < -0.3 is 24.4 Å². The van der Waals surface area contributed by atoms with Crippen molar-refractivity contribution in [2.75, 3.05) is 6.61 Å². The fraction of sp³-hybridized carbons (Fsp3) is 0.682. The predicted octanol–water partition coefficient (Wildman–Crippen LogP) is 2.65. The third-order valence-corrected chi connectivity index (χ3v) is 6.10. The fourth-order valence-electron chi connectivity index (χ4n) is 4.25. The van der Waals surface area contributed by atoms with Crippen LogP contribution in [0, 0.1) is 11.8 Å². The molecule has 2 heterocycles. The van der Waals surface area contributed by atoms with Gasteiger partial charge in [0.1, 0.15) is 11.4 Å². The Balaban J connectivity index is 1.85. The molecule has 0 spiro atoms. The maximum atomic E-state index is 12.1. The number of carbonyl (C=O) groups excluding carboxylic acids is 1. The van der Waals surface area contributed by atoms with Crippen LogP contribution in [0.5, 0.6) is 0 Å². The van der Waals surface area contributed by atoms with E-state index in [2.05, 4.69) is 13.8 Å². The summed E-state index contributed by atoms with van der Waals surface area (Å²) in [5, 5.41) is 20.5. The summed E-state index contributed by atoms with van der Waals surface area (Å²) < 4.78 is 18.1. The summed E-state index contributed by atoms with van der Waals surface area (Å²) in [6.07, 6.45) is 6.61. The molecule has 0 aromatic rings. The van der Waals surface area contributed by atoms with Gasteiger partial charge in [-0.3, -0.25) is 4.79 Å². The lowest BCUT2D eigenvalue weighted by atomic mass is 9.75. The summed E-state index contributed by atoms with van der Waals surface area (Å²) >= 11 is 0. The summed E-state index contributed by atoms with van der Waals surface area (Å²) in [4.78, 5) is 12.1. The van der Waals surface area contributed by atoms with Crippen LogP contribution in [0.4, 0.5) is 0 Å². The summed E-state index contributed by atoms with van der Waals surface area (Å²) in [7, 11) is 0. The first kappa shape index (κ1) is 21.2. The van der Waals surface area contributed by atoms with E-state index in [-0.39, 0.29) is 12.7 Å². The zero-order valence-corrected chi connectivity index (χ0v) is 17.6. The molecule has 1 aliphatic carbocycles. The molecule has 0 saturated carbocycles. The molecular formula is C22H32O6. The van der Waals surface area contributed by atoms with E-state index in [1.54, 1.807) is 6.08 Å². The van der Waals surface area contributed by atoms with Crippen molar-refractivity contribution in [3.63, 3.8) is 0 Å². The molecule has 0 radical (unpaired) electrons. The average molecular weight is 392 g/mol. The van der Waals surface area contributed by atoms with E-state index in [0.29, 0.717) is 17.3 Å². The highest BCUT2D eigenvalue weighted by molar-refractivity contribution is 5.99. The second kappa shape index (κ2) is 7.10. The van der Waals surface area contributed by atoms with Gasteiger partial charge in [-0.05, 0) is 63.5 Å². The first-order valence-electron chi connectivity index (χ1n) is 9.98. The van der Waals surface area contributed by atoms with Crippen molar-refractivity contribution in [2.45, 2.75) is 77.2 Å². The highest BCUT2D eigenvalue weighted by Gasteiger charge is 2.51. The molecule has 6 nitrogen and oxygen atoms in total. The second-order valence-electron chi connectivity index (χ2n) is 9.01. The molecule has 0 aromatic carbocycles. The molecule has 0 bridgehead atoms. The first-order valence-corrected chi connectivity index (χ1v) is 9.98. The second-order valence-corrected chi connectivity index (χ2v) is 9.01. The third-order valence-electron chi connectivity index (χ3n) is 6.10. The van der Waals surface area contributed by atoms with Crippen LogP contribution < -0.4 is 0 Å². The third kappa shape index (κ3) is 3.71. The van der Waals surface area contributed by atoms with Crippen LogP contribution in [0.1, 0.15) is 48.0 Å². The van der Waals surface area contributed by atoms with Crippen LogP contribution in [0.15, 0.2) is 35.6 Å². The zero-order valence-electron chi connectivity index (χ0n) is 17.6. The fourth-order valence-corrected chi connectivity index (χ4v) is 4.25. The van der Waals surface area contributed by atoms with Crippen molar-refractivity contribution in [1.29, 1.82) is 0 Å². The van der Waals surface area contributed by atoms with Crippen molar-refractivity contribution in [2.24, 2.45) is 11.8 Å². The minimum Gasteiger partial charge on any atom is -0.493 e. The van der Waals surface area contributed by atoms with E-state index < -0.39 is 34.8 Å². The Bertz CT molecular complexity index is 731. The molecule has 0 unspecified atom stereocenters. The largest absolute Gasteiger partial charge is 0.493 e. The molecule has 0 amide bonds. The number of rotatable bonds is 4. The molecule has 3 rings (SSSR count). The highest BCUT2D eigenvalue weighted by atomic mass is 16.8. The van der Waals surface area contributed by atoms with E-state index in [1.165, 1.54) is 13.0 Å². The number of hydrogen-bond donors (Lipinski definition) is 2. The number of aliphatic hydroxyl groups is 2. The molecule has 2 N–H and O–H groups in total. The van der Waals surface area contributed by atoms with Gasteiger partial charge in [0.15, 0.2) is 17.2 Å². The van der Waals surface area contributed by atoms with Gasteiger partial charge in [0.25, 0.3) is 0 Å². The van der Waals surface area contributed by atoms with Crippen molar-refractivity contribution in [3.05, 3.63) is 35.6 Å². The summed E-state index contributed by atoms with van der Waals surface area (Å²) in [6, 6.07) is 0. The first-order chi connectivity index (χ1) is 12.9. The molecule has 2 aliphatic heterocycles. The summed E-state index contributed by atoms with van der Waals surface area (Å²) in [5.41, 5.74) is -1.72. The molecule has 156 valence electrons. The van der Waals surface area contributed by atoms with Crippen molar-refractivity contribution >= 4 is 5.78 Å². The lowest BCUT2D eigenvalue weighted by molar-refractivity contribution is -0.156. The van der Waals surface area contributed by atoms with Crippen LogP contribution in [0.3, 0.4) is 0 Å². The Morgan fingerprint density at radius 2 is 1.96 bits per heavy atom. The molecule has 0 aromatic heterocycles.